The first-order chi connectivity index (χ1) is 7.81. The quantitative estimate of drug-likeness (QED) is 0.863. The van der Waals surface area contributed by atoms with E-state index in [4.69, 9.17) is 9.63 Å². The first-order valence-corrected chi connectivity index (χ1v) is 4.79. The van der Waals surface area contributed by atoms with Gasteiger partial charge in [-0.3, -0.25) is 0 Å². The van der Waals surface area contributed by atoms with Crippen LogP contribution >= 0.6 is 0 Å². The second-order valence-electron chi connectivity index (χ2n) is 3.20. The summed E-state index contributed by atoms with van der Waals surface area (Å²) in [5, 5.41) is 12.3. The van der Waals surface area contributed by atoms with Gasteiger partial charge in [-0.25, -0.2) is 4.39 Å². The van der Waals surface area contributed by atoms with Crippen LogP contribution in [0, 0.1) is 0 Å². The Hall–Kier alpha value is -1.94. The second kappa shape index (κ2) is 4.72. The van der Waals surface area contributed by atoms with Gasteiger partial charge in [-0.15, -0.1) is 0 Å². The maximum atomic E-state index is 13.3. The molecule has 0 saturated heterocycles. The van der Waals surface area contributed by atoms with Crippen LogP contribution in [0.25, 0.3) is 17.1 Å². The molecule has 0 saturated carbocycles. The van der Waals surface area contributed by atoms with E-state index in [1.165, 1.54) is 6.26 Å². The van der Waals surface area contributed by atoms with Gasteiger partial charge in [0.1, 0.15) is 17.8 Å². The Labute approximate surface area is 91.8 Å². The Kier molecular flexibility index (Phi) is 3.12. The van der Waals surface area contributed by atoms with Crippen LogP contribution in [0.4, 0.5) is 4.39 Å². The minimum Gasteiger partial charge on any atom is -0.392 e. The van der Waals surface area contributed by atoms with Crippen LogP contribution in [0.1, 0.15) is 5.56 Å². The monoisotopic (exact) mass is 219 g/mol. The van der Waals surface area contributed by atoms with Crippen molar-refractivity contribution in [1.82, 2.24) is 5.16 Å². The lowest BCUT2D eigenvalue weighted by atomic mass is 10.1. The van der Waals surface area contributed by atoms with Crippen molar-refractivity contribution in [3.8, 4) is 11.3 Å². The summed E-state index contributed by atoms with van der Waals surface area (Å²) in [6, 6.07) is 8.49. The van der Waals surface area contributed by atoms with Crippen LogP contribution in [-0.4, -0.2) is 16.9 Å². The average Bonchev–Trinajstić information content (AvgIpc) is 2.83. The van der Waals surface area contributed by atoms with Gasteiger partial charge in [0.2, 0.25) is 0 Å². The molecule has 1 aromatic heterocycles. The van der Waals surface area contributed by atoms with Gasteiger partial charge >= 0.3 is 0 Å². The molecule has 3 nitrogen and oxygen atoms in total. The van der Waals surface area contributed by atoms with Crippen molar-refractivity contribution in [2.24, 2.45) is 0 Å². The second-order valence-corrected chi connectivity index (χ2v) is 3.20. The van der Waals surface area contributed by atoms with Gasteiger partial charge in [0, 0.05) is 17.2 Å². The molecule has 2 rings (SSSR count). The Balaban J connectivity index is 2.26. The lowest BCUT2D eigenvalue weighted by Gasteiger charge is -1.99. The number of aromatic nitrogens is 1. The van der Waals surface area contributed by atoms with Gasteiger partial charge < -0.3 is 9.63 Å². The van der Waals surface area contributed by atoms with Crippen LogP contribution in [0.15, 0.2) is 47.2 Å². The molecule has 0 aliphatic heterocycles. The van der Waals surface area contributed by atoms with Gasteiger partial charge in [0.05, 0.1) is 6.61 Å². The summed E-state index contributed by atoms with van der Waals surface area (Å²) < 4.78 is 18.0. The molecule has 2 aromatic rings. The van der Waals surface area contributed by atoms with E-state index in [1.807, 2.05) is 0 Å². The number of rotatable bonds is 3. The fourth-order valence-electron chi connectivity index (χ4n) is 1.36. The number of halogens is 1. The van der Waals surface area contributed by atoms with Crippen molar-refractivity contribution in [1.29, 1.82) is 0 Å². The molecule has 82 valence electrons. The lowest BCUT2D eigenvalue weighted by Crippen LogP contribution is -1.82. The fourth-order valence-corrected chi connectivity index (χ4v) is 1.36. The number of aliphatic hydroxyl groups is 1. The third-order valence-electron chi connectivity index (χ3n) is 2.16. The third-order valence-corrected chi connectivity index (χ3v) is 2.16. The van der Waals surface area contributed by atoms with Crippen LogP contribution in [-0.2, 0) is 0 Å². The Morgan fingerprint density at radius 1 is 1.31 bits per heavy atom. The summed E-state index contributed by atoms with van der Waals surface area (Å²) in [5.41, 5.74) is 1.99. The largest absolute Gasteiger partial charge is 0.392 e. The number of aliphatic hydroxyl groups excluding tert-OH is 1. The van der Waals surface area contributed by atoms with Crippen molar-refractivity contribution in [2.75, 3.05) is 6.61 Å². The van der Waals surface area contributed by atoms with E-state index in [1.54, 1.807) is 30.3 Å². The van der Waals surface area contributed by atoms with E-state index in [0.717, 1.165) is 11.6 Å². The topological polar surface area (TPSA) is 46.3 Å². The van der Waals surface area contributed by atoms with Crippen molar-refractivity contribution >= 4 is 5.83 Å². The van der Waals surface area contributed by atoms with Crippen molar-refractivity contribution in [2.45, 2.75) is 0 Å². The molecule has 1 N–H and O–H groups in total. The Morgan fingerprint density at radius 2 is 2.06 bits per heavy atom. The van der Waals surface area contributed by atoms with E-state index < -0.39 is 5.83 Å². The maximum absolute atomic E-state index is 13.3. The van der Waals surface area contributed by atoms with E-state index in [9.17, 15) is 4.39 Å². The first-order valence-electron chi connectivity index (χ1n) is 4.79. The summed E-state index contributed by atoms with van der Waals surface area (Å²) in [4.78, 5) is 0. The van der Waals surface area contributed by atoms with Crippen LogP contribution in [0.2, 0.25) is 0 Å². The molecule has 0 aliphatic carbocycles. The highest BCUT2D eigenvalue weighted by Crippen LogP contribution is 2.21. The molecule has 0 atom stereocenters. The molecule has 16 heavy (non-hydrogen) atoms. The van der Waals surface area contributed by atoms with Gasteiger partial charge in [-0.2, -0.15) is 0 Å². The van der Waals surface area contributed by atoms with Gasteiger partial charge in [-0.05, 0) is 6.08 Å². The molecular weight excluding hydrogens is 209 g/mol. The molecule has 0 bridgehead atoms. The first kappa shape index (κ1) is 10.6. The fraction of sp³-hybridized carbons (Fsp3) is 0.0833. The maximum Gasteiger partial charge on any atom is 0.128 e. The Bertz CT molecular complexity index is 474. The number of benzene rings is 1. The number of nitrogens with zero attached hydrogens (tertiary/aromatic N) is 1. The molecular formula is C12H10FNO2. The van der Waals surface area contributed by atoms with Crippen molar-refractivity contribution in [3.63, 3.8) is 0 Å². The van der Waals surface area contributed by atoms with E-state index in [-0.39, 0.29) is 6.61 Å². The molecule has 0 unspecified atom stereocenters. The minimum absolute atomic E-state index is 0.309. The van der Waals surface area contributed by atoms with Crippen LogP contribution in [0.5, 0.6) is 0 Å². The predicted molar refractivity (Wildman–Crippen MR) is 58.1 cm³/mol. The zero-order valence-corrected chi connectivity index (χ0v) is 8.43. The number of hydrogen-bond acceptors (Lipinski definition) is 3. The normalized spacial score (nSPS) is 11.8. The molecule has 0 aliphatic rings. The predicted octanol–water partition coefficient (Wildman–Crippen LogP) is 2.64. The minimum atomic E-state index is -0.436. The summed E-state index contributed by atoms with van der Waals surface area (Å²) >= 11 is 0. The van der Waals surface area contributed by atoms with E-state index in [2.05, 4.69) is 5.16 Å². The van der Waals surface area contributed by atoms with Crippen LogP contribution < -0.4 is 0 Å². The smallest absolute Gasteiger partial charge is 0.128 e. The van der Waals surface area contributed by atoms with Gasteiger partial charge in [0.25, 0.3) is 0 Å². The molecule has 0 spiro atoms. The molecule has 1 aromatic carbocycles. The van der Waals surface area contributed by atoms with Gasteiger partial charge in [0.15, 0.2) is 0 Å². The van der Waals surface area contributed by atoms with Crippen LogP contribution in [0.3, 0.4) is 0 Å². The summed E-state index contributed by atoms with van der Waals surface area (Å²) in [6.07, 6.45) is 2.60. The molecule has 0 fully saturated rings. The zero-order chi connectivity index (χ0) is 11.4. The van der Waals surface area contributed by atoms with E-state index >= 15 is 0 Å². The highest BCUT2D eigenvalue weighted by molar-refractivity contribution is 5.65. The summed E-state index contributed by atoms with van der Waals surface area (Å²) in [6.45, 7) is -0.309. The number of hydrogen-bond donors (Lipinski definition) is 1. The highest BCUT2D eigenvalue weighted by Gasteiger charge is 2.03. The molecule has 0 amide bonds. The van der Waals surface area contributed by atoms with Crippen molar-refractivity contribution < 1.29 is 14.0 Å². The van der Waals surface area contributed by atoms with E-state index in [0.29, 0.717) is 11.3 Å². The van der Waals surface area contributed by atoms with Crippen molar-refractivity contribution in [3.05, 3.63) is 48.2 Å². The lowest BCUT2D eigenvalue weighted by molar-refractivity contribution is 0.342. The summed E-state index contributed by atoms with van der Waals surface area (Å²) in [5.74, 6) is -0.436. The molecule has 4 heteroatoms. The zero-order valence-electron chi connectivity index (χ0n) is 8.43. The highest BCUT2D eigenvalue weighted by atomic mass is 19.1. The summed E-state index contributed by atoms with van der Waals surface area (Å²) in [7, 11) is 0. The molecule has 1 heterocycles. The third kappa shape index (κ3) is 2.17. The SMILES string of the molecule is OC/C=C(/F)c1ccc(-c2ccon2)cc1. The molecule has 0 radical (unpaired) electrons. The Morgan fingerprint density at radius 3 is 2.62 bits per heavy atom. The average molecular weight is 219 g/mol. The standard InChI is InChI=1S/C12H10FNO2/c13-11(5-7-15)9-1-3-10(4-2-9)12-6-8-16-14-12/h1-6,8,15H,7H2/b11-5+. The van der Waals surface area contributed by atoms with Gasteiger partial charge in [-0.1, -0.05) is 29.4 Å².